The Morgan fingerprint density at radius 2 is 1.88 bits per heavy atom. The van der Waals surface area contributed by atoms with Crippen LogP contribution in [0, 0.1) is 18.7 Å². The average Bonchev–Trinajstić information content (AvgIpc) is 2.79. The second kappa shape index (κ2) is 10.4. The first-order chi connectivity index (χ1) is 15.2. The molecule has 2 aromatic carbocycles. The maximum atomic E-state index is 13.7. The quantitative estimate of drug-likeness (QED) is 0.667. The minimum atomic E-state index is -0.695. The highest BCUT2D eigenvalue weighted by Crippen LogP contribution is 2.21. The molecular formula is C25H29FN2O4. The fraction of sp³-hybridized carbons (Fsp3) is 0.400. The summed E-state index contributed by atoms with van der Waals surface area (Å²) in [5.41, 5.74) is 1.82. The molecule has 6 nitrogen and oxygen atoms in total. The van der Waals surface area contributed by atoms with Crippen molar-refractivity contribution in [2.45, 2.75) is 46.3 Å². The van der Waals surface area contributed by atoms with Crippen molar-refractivity contribution in [1.82, 2.24) is 10.2 Å². The molecule has 0 saturated carbocycles. The molecule has 0 radical (unpaired) electrons. The summed E-state index contributed by atoms with van der Waals surface area (Å²) in [7, 11) is 0. The van der Waals surface area contributed by atoms with Crippen molar-refractivity contribution in [3.63, 3.8) is 0 Å². The van der Waals surface area contributed by atoms with Crippen LogP contribution in [-0.2, 0) is 16.1 Å². The second-order valence-corrected chi connectivity index (χ2v) is 8.24. The van der Waals surface area contributed by atoms with Crippen molar-refractivity contribution < 1.29 is 23.5 Å². The average molecular weight is 441 g/mol. The number of likely N-dealkylation sites (tertiary alicyclic amines) is 1. The Morgan fingerprint density at radius 3 is 2.53 bits per heavy atom. The molecule has 1 saturated heterocycles. The molecule has 0 aromatic heterocycles. The van der Waals surface area contributed by atoms with Crippen LogP contribution in [0.5, 0.6) is 5.75 Å². The van der Waals surface area contributed by atoms with E-state index in [0.717, 1.165) is 0 Å². The first-order valence-electron chi connectivity index (χ1n) is 10.8. The van der Waals surface area contributed by atoms with Gasteiger partial charge in [0.1, 0.15) is 11.6 Å². The van der Waals surface area contributed by atoms with Crippen LogP contribution in [-0.4, -0.2) is 41.7 Å². The third-order valence-corrected chi connectivity index (χ3v) is 5.78. The molecule has 1 atom stereocenters. The molecule has 7 heteroatoms. The number of benzene rings is 2. The number of nitrogens with zero attached hydrogens (tertiary/aromatic N) is 1. The summed E-state index contributed by atoms with van der Waals surface area (Å²) in [5, 5.41) is 2.87. The smallest absolute Gasteiger partial charge is 0.263 e. The number of piperidine rings is 1. The maximum Gasteiger partial charge on any atom is 0.263 e. The molecule has 0 aliphatic carbocycles. The van der Waals surface area contributed by atoms with Gasteiger partial charge in [0.2, 0.25) is 5.91 Å². The van der Waals surface area contributed by atoms with E-state index in [1.54, 1.807) is 55.1 Å². The molecule has 2 aromatic rings. The van der Waals surface area contributed by atoms with Crippen molar-refractivity contribution in [2.75, 3.05) is 13.1 Å². The van der Waals surface area contributed by atoms with Gasteiger partial charge in [-0.2, -0.15) is 0 Å². The van der Waals surface area contributed by atoms with E-state index in [1.165, 1.54) is 13.0 Å². The molecule has 2 amide bonds. The van der Waals surface area contributed by atoms with Gasteiger partial charge in [0.25, 0.3) is 5.91 Å². The number of nitrogens with one attached hydrogen (secondary N) is 1. The van der Waals surface area contributed by atoms with E-state index in [4.69, 9.17) is 4.74 Å². The van der Waals surface area contributed by atoms with Gasteiger partial charge in [-0.15, -0.1) is 0 Å². The monoisotopic (exact) mass is 440 g/mol. The van der Waals surface area contributed by atoms with Gasteiger partial charge < -0.3 is 15.0 Å². The standard InChI is InChI=1S/C25H29FN2O4/c1-16-7-8-19(13-23(16)26)15-27-24(30)20-9-11-28(12-10-20)25(31)18(3)32-22-6-4-5-21(14-22)17(2)29/h4-8,13-14,18,20H,9-12,15H2,1-3H3,(H,27,30). The number of hydrogen-bond acceptors (Lipinski definition) is 4. The number of rotatable bonds is 7. The van der Waals surface area contributed by atoms with E-state index in [9.17, 15) is 18.8 Å². The maximum absolute atomic E-state index is 13.7. The van der Waals surface area contributed by atoms with Gasteiger partial charge in [-0.1, -0.05) is 24.3 Å². The van der Waals surface area contributed by atoms with Gasteiger partial charge in [0.15, 0.2) is 11.9 Å². The number of hydrogen-bond donors (Lipinski definition) is 1. The highest BCUT2D eigenvalue weighted by atomic mass is 19.1. The van der Waals surface area contributed by atoms with Crippen molar-refractivity contribution in [3.8, 4) is 5.75 Å². The molecule has 1 heterocycles. The summed E-state index contributed by atoms with van der Waals surface area (Å²) in [5.74, 6) is -0.288. The highest BCUT2D eigenvalue weighted by molar-refractivity contribution is 5.94. The highest BCUT2D eigenvalue weighted by Gasteiger charge is 2.30. The van der Waals surface area contributed by atoms with E-state index in [-0.39, 0.29) is 35.9 Å². The summed E-state index contributed by atoms with van der Waals surface area (Å²) in [6, 6.07) is 11.7. The van der Waals surface area contributed by atoms with E-state index >= 15 is 0 Å². The van der Waals surface area contributed by atoms with Gasteiger partial charge in [-0.25, -0.2) is 4.39 Å². The normalized spacial score (nSPS) is 15.2. The summed E-state index contributed by atoms with van der Waals surface area (Å²) < 4.78 is 19.4. The van der Waals surface area contributed by atoms with Crippen molar-refractivity contribution in [3.05, 3.63) is 65.0 Å². The molecule has 0 bridgehead atoms. The molecule has 1 aliphatic rings. The SMILES string of the molecule is CC(=O)c1cccc(OC(C)C(=O)N2CCC(C(=O)NCc3ccc(C)c(F)c3)CC2)c1. The fourth-order valence-corrected chi connectivity index (χ4v) is 3.74. The number of aryl methyl sites for hydroxylation is 1. The van der Waals surface area contributed by atoms with Gasteiger partial charge in [-0.05, 0) is 62.9 Å². The molecule has 1 fully saturated rings. The first kappa shape index (κ1) is 23.4. The molecule has 1 unspecified atom stereocenters. The van der Waals surface area contributed by atoms with E-state index in [1.807, 2.05) is 0 Å². The lowest BCUT2D eigenvalue weighted by Crippen LogP contribution is -2.47. The lowest BCUT2D eigenvalue weighted by atomic mass is 9.95. The largest absolute Gasteiger partial charge is 0.481 e. The minimum Gasteiger partial charge on any atom is -0.481 e. The van der Waals surface area contributed by atoms with Gasteiger partial charge in [0.05, 0.1) is 0 Å². The molecule has 1 aliphatic heterocycles. The number of carbonyl (C=O) groups excluding carboxylic acids is 3. The van der Waals surface area contributed by atoms with Crippen molar-refractivity contribution in [2.24, 2.45) is 5.92 Å². The number of Topliss-reactive ketones (excluding diaryl/α,β-unsaturated/α-hetero) is 1. The summed E-state index contributed by atoms with van der Waals surface area (Å²) >= 11 is 0. The van der Waals surface area contributed by atoms with Crippen LogP contribution in [0.1, 0.15) is 48.2 Å². The van der Waals surface area contributed by atoms with Crippen LogP contribution in [0.3, 0.4) is 0 Å². The van der Waals surface area contributed by atoms with E-state index < -0.39 is 6.10 Å². The van der Waals surface area contributed by atoms with Crippen LogP contribution in [0.2, 0.25) is 0 Å². The summed E-state index contributed by atoms with van der Waals surface area (Å²) in [6.45, 7) is 6.07. The van der Waals surface area contributed by atoms with Crippen LogP contribution in [0.4, 0.5) is 4.39 Å². The zero-order chi connectivity index (χ0) is 23.3. The zero-order valence-corrected chi connectivity index (χ0v) is 18.7. The molecule has 170 valence electrons. The third kappa shape index (κ3) is 5.93. The molecule has 3 rings (SSSR count). The second-order valence-electron chi connectivity index (χ2n) is 8.24. The lowest BCUT2D eigenvalue weighted by Gasteiger charge is -2.33. The Balaban J connectivity index is 1.47. The predicted molar refractivity (Wildman–Crippen MR) is 119 cm³/mol. The third-order valence-electron chi connectivity index (χ3n) is 5.78. The van der Waals surface area contributed by atoms with Gasteiger partial charge in [-0.3, -0.25) is 14.4 Å². The van der Waals surface area contributed by atoms with Crippen molar-refractivity contribution in [1.29, 1.82) is 0 Å². The lowest BCUT2D eigenvalue weighted by molar-refractivity contribution is -0.141. The zero-order valence-electron chi connectivity index (χ0n) is 18.7. The Hall–Kier alpha value is -3.22. The number of amides is 2. The van der Waals surface area contributed by atoms with Crippen LogP contribution in [0.25, 0.3) is 0 Å². The molecule has 32 heavy (non-hydrogen) atoms. The van der Waals surface area contributed by atoms with Crippen LogP contribution >= 0.6 is 0 Å². The van der Waals surface area contributed by atoms with Crippen LogP contribution in [0.15, 0.2) is 42.5 Å². The molecule has 0 spiro atoms. The van der Waals surface area contributed by atoms with Gasteiger partial charge in [0, 0.05) is 31.1 Å². The van der Waals surface area contributed by atoms with E-state index in [2.05, 4.69) is 5.32 Å². The number of ketones is 1. The Morgan fingerprint density at radius 1 is 1.16 bits per heavy atom. The minimum absolute atomic E-state index is 0.0673. The predicted octanol–water partition coefficient (Wildman–Crippen LogP) is 3.66. The van der Waals surface area contributed by atoms with E-state index in [0.29, 0.717) is 48.4 Å². The molecule has 1 N–H and O–H groups in total. The summed E-state index contributed by atoms with van der Waals surface area (Å²) in [4.78, 5) is 38.5. The Bertz CT molecular complexity index is 999. The number of ether oxygens (including phenoxy) is 1. The number of halogens is 1. The number of carbonyl (C=O) groups is 3. The van der Waals surface area contributed by atoms with Crippen molar-refractivity contribution >= 4 is 17.6 Å². The topological polar surface area (TPSA) is 75.7 Å². The van der Waals surface area contributed by atoms with Gasteiger partial charge >= 0.3 is 0 Å². The molecular weight excluding hydrogens is 411 g/mol. The first-order valence-corrected chi connectivity index (χ1v) is 10.8. The fourth-order valence-electron chi connectivity index (χ4n) is 3.74. The summed E-state index contributed by atoms with van der Waals surface area (Å²) in [6.07, 6.45) is 0.428. The van der Waals surface area contributed by atoms with Crippen LogP contribution < -0.4 is 10.1 Å². The Kier molecular flexibility index (Phi) is 7.62. The Labute approximate surface area is 187 Å².